The van der Waals surface area contributed by atoms with E-state index >= 15 is 0 Å². The molecule has 2 N–H and O–H groups in total. The number of fused-ring (bicyclic) bond motifs is 1. The minimum atomic E-state index is -0.00540. The number of rotatable bonds is 5. The van der Waals surface area contributed by atoms with Gasteiger partial charge in [-0.15, -0.1) is 0 Å². The first-order valence-corrected chi connectivity index (χ1v) is 6.84. The fourth-order valence-corrected chi connectivity index (χ4v) is 2.57. The largest absolute Gasteiger partial charge is 0.326 e. The summed E-state index contributed by atoms with van der Waals surface area (Å²) in [5.74, 6) is 0. The van der Waals surface area contributed by atoms with Crippen molar-refractivity contribution in [3.05, 3.63) is 34.7 Å². The summed E-state index contributed by atoms with van der Waals surface area (Å²) in [4.78, 5) is 17.2. The standard InChI is InChI=1S/C14H20N4O/c1-17(11-9-15-10-11)7-4-8-18-13-6-3-2-5-12(13)16-14(18)19/h2-3,5-6,11,15H,4,7-10H2,1H3,(H,16,19). The van der Waals surface area contributed by atoms with E-state index in [0.29, 0.717) is 6.04 Å². The predicted octanol–water partition coefficient (Wildman–Crippen LogP) is 0.623. The lowest BCUT2D eigenvalue weighted by Crippen LogP contribution is -2.56. The zero-order valence-corrected chi connectivity index (χ0v) is 11.2. The molecule has 5 heteroatoms. The molecular weight excluding hydrogens is 240 g/mol. The van der Waals surface area contributed by atoms with Gasteiger partial charge in [-0.2, -0.15) is 0 Å². The van der Waals surface area contributed by atoms with Gasteiger partial charge in [0.15, 0.2) is 0 Å². The lowest BCUT2D eigenvalue weighted by Gasteiger charge is -2.35. The zero-order chi connectivity index (χ0) is 13.2. The summed E-state index contributed by atoms with van der Waals surface area (Å²) in [6.45, 7) is 3.97. The number of para-hydroxylation sites is 2. The minimum Gasteiger partial charge on any atom is -0.314 e. The van der Waals surface area contributed by atoms with E-state index in [1.165, 1.54) is 0 Å². The minimum absolute atomic E-state index is 0.00540. The molecule has 0 bridgehead atoms. The normalized spacial score (nSPS) is 16.1. The molecule has 2 heterocycles. The fourth-order valence-electron chi connectivity index (χ4n) is 2.57. The lowest BCUT2D eigenvalue weighted by atomic mass is 10.1. The first kappa shape index (κ1) is 12.4. The first-order valence-electron chi connectivity index (χ1n) is 6.84. The summed E-state index contributed by atoms with van der Waals surface area (Å²) < 4.78 is 1.84. The molecular formula is C14H20N4O. The highest BCUT2D eigenvalue weighted by atomic mass is 16.1. The van der Waals surface area contributed by atoms with Gasteiger partial charge in [-0.05, 0) is 32.1 Å². The van der Waals surface area contributed by atoms with Crippen LogP contribution in [0.2, 0.25) is 0 Å². The molecule has 1 aromatic carbocycles. The van der Waals surface area contributed by atoms with Gasteiger partial charge in [0.05, 0.1) is 11.0 Å². The zero-order valence-electron chi connectivity index (χ0n) is 11.2. The number of likely N-dealkylation sites (N-methyl/N-ethyl adjacent to an activating group) is 1. The van der Waals surface area contributed by atoms with E-state index < -0.39 is 0 Å². The Morgan fingerprint density at radius 1 is 1.37 bits per heavy atom. The number of hydrogen-bond donors (Lipinski definition) is 2. The number of aryl methyl sites for hydroxylation is 1. The summed E-state index contributed by atoms with van der Waals surface area (Å²) in [6, 6.07) is 8.52. The van der Waals surface area contributed by atoms with Crippen LogP contribution >= 0.6 is 0 Å². The van der Waals surface area contributed by atoms with Gasteiger partial charge in [-0.3, -0.25) is 4.57 Å². The maximum atomic E-state index is 11.9. The van der Waals surface area contributed by atoms with E-state index in [1.807, 2.05) is 28.8 Å². The molecule has 0 aliphatic carbocycles. The molecule has 3 rings (SSSR count). The molecule has 1 aliphatic heterocycles. The van der Waals surface area contributed by atoms with Crippen LogP contribution in [0.1, 0.15) is 6.42 Å². The lowest BCUT2D eigenvalue weighted by molar-refractivity contribution is 0.176. The smallest absolute Gasteiger partial charge is 0.314 e. The number of aromatic amines is 1. The Kier molecular flexibility index (Phi) is 3.40. The molecule has 1 fully saturated rings. The second-order valence-corrected chi connectivity index (χ2v) is 5.25. The van der Waals surface area contributed by atoms with Crippen molar-refractivity contribution in [3.63, 3.8) is 0 Å². The monoisotopic (exact) mass is 260 g/mol. The Labute approximate surface area is 112 Å². The molecule has 1 aliphatic rings. The molecule has 0 unspecified atom stereocenters. The van der Waals surface area contributed by atoms with Crippen LogP contribution in [0.3, 0.4) is 0 Å². The van der Waals surface area contributed by atoms with E-state index in [4.69, 9.17) is 0 Å². The van der Waals surface area contributed by atoms with Gasteiger partial charge in [0.2, 0.25) is 0 Å². The molecule has 0 saturated carbocycles. The molecule has 0 atom stereocenters. The number of benzene rings is 1. The predicted molar refractivity (Wildman–Crippen MR) is 76.5 cm³/mol. The Bertz CT molecular complexity index is 611. The van der Waals surface area contributed by atoms with Crippen molar-refractivity contribution in [2.24, 2.45) is 0 Å². The Morgan fingerprint density at radius 3 is 2.89 bits per heavy atom. The third-order valence-corrected chi connectivity index (χ3v) is 3.96. The second kappa shape index (κ2) is 5.19. The van der Waals surface area contributed by atoms with Gasteiger partial charge in [0.25, 0.3) is 0 Å². The Balaban J connectivity index is 1.65. The van der Waals surface area contributed by atoms with Gasteiger partial charge in [0.1, 0.15) is 0 Å². The fraction of sp³-hybridized carbons (Fsp3) is 0.500. The highest BCUT2D eigenvalue weighted by molar-refractivity contribution is 5.74. The van der Waals surface area contributed by atoms with E-state index in [2.05, 4.69) is 22.2 Å². The molecule has 102 valence electrons. The van der Waals surface area contributed by atoms with E-state index in [0.717, 1.165) is 43.6 Å². The van der Waals surface area contributed by atoms with Crippen molar-refractivity contribution in [1.29, 1.82) is 0 Å². The van der Waals surface area contributed by atoms with E-state index in [-0.39, 0.29) is 5.69 Å². The average molecular weight is 260 g/mol. The van der Waals surface area contributed by atoms with Crippen LogP contribution in [-0.2, 0) is 6.54 Å². The summed E-state index contributed by atoms with van der Waals surface area (Å²) in [5.41, 5.74) is 1.92. The summed E-state index contributed by atoms with van der Waals surface area (Å²) >= 11 is 0. The van der Waals surface area contributed by atoms with Gasteiger partial charge in [-0.1, -0.05) is 12.1 Å². The molecule has 2 aromatic rings. The van der Waals surface area contributed by atoms with Crippen molar-refractivity contribution >= 4 is 11.0 Å². The second-order valence-electron chi connectivity index (χ2n) is 5.25. The molecule has 1 aromatic heterocycles. The Morgan fingerprint density at radius 2 is 2.16 bits per heavy atom. The van der Waals surface area contributed by atoms with Crippen LogP contribution in [-0.4, -0.2) is 47.2 Å². The quantitative estimate of drug-likeness (QED) is 0.829. The third-order valence-electron chi connectivity index (χ3n) is 3.96. The number of imidazole rings is 1. The first-order chi connectivity index (χ1) is 9.25. The van der Waals surface area contributed by atoms with Crippen LogP contribution in [0.4, 0.5) is 0 Å². The van der Waals surface area contributed by atoms with Crippen molar-refractivity contribution < 1.29 is 0 Å². The van der Waals surface area contributed by atoms with Crippen LogP contribution in [0.15, 0.2) is 29.1 Å². The number of aromatic nitrogens is 2. The highest BCUT2D eigenvalue weighted by Gasteiger charge is 2.20. The number of H-pyrrole nitrogens is 1. The number of nitrogens with zero attached hydrogens (tertiary/aromatic N) is 2. The molecule has 0 amide bonds. The maximum absolute atomic E-state index is 11.9. The van der Waals surface area contributed by atoms with Gasteiger partial charge < -0.3 is 15.2 Å². The molecule has 19 heavy (non-hydrogen) atoms. The third kappa shape index (κ3) is 2.43. The van der Waals surface area contributed by atoms with E-state index in [9.17, 15) is 4.79 Å². The average Bonchev–Trinajstić information content (AvgIpc) is 2.64. The Hall–Kier alpha value is -1.59. The van der Waals surface area contributed by atoms with Crippen LogP contribution in [0.25, 0.3) is 11.0 Å². The van der Waals surface area contributed by atoms with Crippen molar-refractivity contribution in [3.8, 4) is 0 Å². The van der Waals surface area contributed by atoms with Crippen molar-refractivity contribution in [2.45, 2.75) is 19.0 Å². The van der Waals surface area contributed by atoms with Crippen molar-refractivity contribution in [1.82, 2.24) is 19.8 Å². The van der Waals surface area contributed by atoms with Crippen LogP contribution in [0.5, 0.6) is 0 Å². The molecule has 0 radical (unpaired) electrons. The summed E-state index contributed by atoms with van der Waals surface area (Å²) in [7, 11) is 2.16. The number of nitrogens with one attached hydrogen (secondary N) is 2. The van der Waals surface area contributed by atoms with Gasteiger partial charge >= 0.3 is 5.69 Å². The van der Waals surface area contributed by atoms with Crippen LogP contribution < -0.4 is 11.0 Å². The summed E-state index contributed by atoms with van der Waals surface area (Å²) in [5, 5.41) is 3.28. The van der Waals surface area contributed by atoms with Crippen LogP contribution in [0, 0.1) is 0 Å². The molecule has 0 spiro atoms. The van der Waals surface area contributed by atoms with Gasteiger partial charge in [0, 0.05) is 25.7 Å². The maximum Gasteiger partial charge on any atom is 0.326 e. The summed E-state index contributed by atoms with van der Waals surface area (Å²) in [6.07, 6.45) is 0.995. The van der Waals surface area contributed by atoms with Gasteiger partial charge in [-0.25, -0.2) is 4.79 Å². The number of hydrogen-bond acceptors (Lipinski definition) is 3. The molecule has 1 saturated heterocycles. The SMILES string of the molecule is CN(CCCn1c(=O)[nH]c2ccccc21)C1CNC1. The molecule has 5 nitrogen and oxygen atoms in total. The topological polar surface area (TPSA) is 53.1 Å². The van der Waals surface area contributed by atoms with Crippen molar-refractivity contribution in [2.75, 3.05) is 26.7 Å². The van der Waals surface area contributed by atoms with E-state index in [1.54, 1.807) is 0 Å². The highest BCUT2D eigenvalue weighted by Crippen LogP contribution is 2.10.